The van der Waals surface area contributed by atoms with E-state index in [4.69, 9.17) is 22.1 Å². The second-order valence-electron chi connectivity index (χ2n) is 3.70. The molecule has 94 valence electrons. The van der Waals surface area contributed by atoms with Crippen molar-refractivity contribution < 1.29 is 19.3 Å². The van der Waals surface area contributed by atoms with E-state index in [0.717, 1.165) is 0 Å². The number of nitrogens with zero attached hydrogens (tertiary/aromatic N) is 1. The number of ether oxygens (including phenoxy) is 1. The van der Waals surface area contributed by atoms with E-state index in [-0.39, 0.29) is 4.77 Å². The molecular weight excluding hydrogens is 251 g/mol. The van der Waals surface area contributed by atoms with E-state index in [1.54, 1.807) is 0 Å². The average Bonchev–Trinajstić information content (AvgIpc) is 2.57. The van der Waals surface area contributed by atoms with Crippen LogP contribution in [0, 0.1) is 4.77 Å². The second kappa shape index (κ2) is 4.65. The average molecular weight is 262 g/mol. The molecule has 1 aromatic rings. The van der Waals surface area contributed by atoms with Crippen molar-refractivity contribution in [2.75, 3.05) is 6.61 Å². The van der Waals surface area contributed by atoms with Crippen LogP contribution >= 0.6 is 12.2 Å². The molecule has 8 heteroatoms. The third kappa shape index (κ3) is 2.16. The molecule has 2 rings (SSSR count). The minimum atomic E-state index is -1.72. The van der Waals surface area contributed by atoms with Crippen LogP contribution in [0.25, 0.3) is 0 Å². The summed E-state index contributed by atoms with van der Waals surface area (Å²) in [6.07, 6.45) is -4.00. The highest BCUT2D eigenvalue weighted by Crippen LogP contribution is 2.31. The third-order valence-corrected chi connectivity index (χ3v) is 2.91. The Morgan fingerprint density at radius 2 is 2.35 bits per heavy atom. The topological polar surface area (TPSA) is 87.5 Å². The Kier molecular flexibility index (Phi) is 3.38. The van der Waals surface area contributed by atoms with E-state index in [1.807, 2.05) is 0 Å². The quantitative estimate of drug-likeness (QED) is 0.625. The number of H-pyrrole nitrogens is 1. The number of halogens is 1. The summed E-state index contributed by atoms with van der Waals surface area (Å²) < 4.78 is 20.1. The van der Waals surface area contributed by atoms with E-state index in [0.29, 0.717) is 0 Å². The lowest BCUT2D eigenvalue weighted by atomic mass is 10.1. The Morgan fingerprint density at radius 1 is 1.65 bits per heavy atom. The van der Waals surface area contributed by atoms with Gasteiger partial charge in [-0.1, -0.05) is 0 Å². The summed E-state index contributed by atoms with van der Waals surface area (Å²) in [6, 6.07) is 1.17. The zero-order valence-electron chi connectivity index (χ0n) is 8.62. The lowest BCUT2D eigenvalue weighted by molar-refractivity contribution is -0.0484. The van der Waals surface area contributed by atoms with E-state index < -0.39 is 36.8 Å². The maximum Gasteiger partial charge on any atom is 0.251 e. The van der Waals surface area contributed by atoms with Crippen LogP contribution in [-0.2, 0) is 4.74 Å². The van der Waals surface area contributed by atoms with Crippen LogP contribution in [0.2, 0.25) is 0 Å². The van der Waals surface area contributed by atoms with Crippen molar-refractivity contribution in [2.45, 2.75) is 24.6 Å². The van der Waals surface area contributed by atoms with E-state index >= 15 is 0 Å². The van der Waals surface area contributed by atoms with Gasteiger partial charge >= 0.3 is 0 Å². The molecule has 1 saturated heterocycles. The van der Waals surface area contributed by atoms with Gasteiger partial charge in [-0.15, -0.1) is 0 Å². The molecule has 0 spiro atoms. The molecule has 4 atom stereocenters. The fourth-order valence-electron chi connectivity index (χ4n) is 1.71. The first-order chi connectivity index (χ1) is 8.04. The van der Waals surface area contributed by atoms with Gasteiger partial charge in [0.05, 0.1) is 6.61 Å². The van der Waals surface area contributed by atoms with Crippen molar-refractivity contribution in [3.63, 3.8) is 0 Å². The van der Waals surface area contributed by atoms with Gasteiger partial charge in [0.25, 0.3) is 5.56 Å². The molecule has 1 fully saturated rings. The lowest BCUT2D eigenvalue weighted by Crippen LogP contribution is -2.30. The minimum Gasteiger partial charge on any atom is -0.394 e. The molecular formula is C9H11FN2O4S. The summed E-state index contributed by atoms with van der Waals surface area (Å²) in [7, 11) is 0. The fourth-order valence-corrected chi connectivity index (χ4v) is 1.97. The summed E-state index contributed by atoms with van der Waals surface area (Å²) in [5.74, 6) is 0. The SMILES string of the molecule is O=c1ccn([C@H]2O[C@@H](CO)C(O)C2F)c(=S)[nH]1. The smallest absolute Gasteiger partial charge is 0.251 e. The van der Waals surface area contributed by atoms with Gasteiger partial charge in [0.15, 0.2) is 17.2 Å². The Hall–Kier alpha value is -1.09. The van der Waals surface area contributed by atoms with E-state index in [9.17, 15) is 14.3 Å². The number of aliphatic hydroxyl groups is 2. The van der Waals surface area contributed by atoms with Crippen LogP contribution in [0.3, 0.4) is 0 Å². The standard InChI is InChI=1S/C9H11FN2O4S/c10-6-7(15)4(3-13)16-8(6)12-2-1-5(14)11-9(12)17/h1-2,4,6-8,13,15H,3H2,(H,11,14,17)/t4-,6?,7?,8-/m0/s1. The number of hydrogen-bond acceptors (Lipinski definition) is 5. The number of aliphatic hydroxyl groups excluding tert-OH is 2. The van der Waals surface area contributed by atoms with E-state index in [1.165, 1.54) is 16.8 Å². The van der Waals surface area contributed by atoms with Gasteiger partial charge in [-0.3, -0.25) is 14.3 Å². The van der Waals surface area contributed by atoms with Gasteiger partial charge < -0.3 is 14.9 Å². The van der Waals surface area contributed by atoms with Crippen LogP contribution < -0.4 is 5.56 Å². The highest BCUT2D eigenvalue weighted by atomic mass is 32.1. The van der Waals surface area contributed by atoms with Crippen molar-refractivity contribution in [1.82, 2.24) is 9.55 Å². The molecule has 2 unspecified atom stereocenters. The number of hydrogen-bond donors (Lipinski definition) is 3. The third-order valence-electron chi connectivity index (χ3n) is 2.60. The van der Waals surface area contributed by atoms with Crippen LogP contribution in [0.15, 0.2) is 17.1 Å². The minimum absolute atomic E-state index is 0.00376. The first kappa shape index (κ1) is 12.4. The van der Waals surface area contributed by atoms with Crippen molar-refractivity contribution in [3.8, 4) is 0 Å². The molecule has 1 aliphatic rings. The predicted molar refractivity (Wildman–Crippen MR) is 57.8 cm³/mol. The molecule has 0 bridgehead atoms. The maximum absolute atomic E-state index is 13.7. The first-order valence-electron chi connectivity index (χ1n) is 4.94. The van der Waals surface area contributed by atoms with Crippen LogP contribution in [0.5, 0.6) is 0 Å². The Labute approximate surface area is 100 Å². The number of rotatable bonds is 2. The van der Waals surface area contributed by atoms with Gasteiger partial charge in [0.1, 0.15) is 12.2 Å². The number of nitrogens with one attached hydrogen (secondary N) is 1. The highest BCUT2D eigenvalue weighted by molar-refractivity contribution is 7.71. The van der Waals surface area contributed by atoms with Crippen molar-refractivity contribution in [2.24, 2.45) is 0 Å². The summed E-state index contributed by atoms with van der Waals surface area (Å²) in [5, 5.41) is 18.3. The van der Waals surface area contributed by atoms with Gasteiger partial charge in [-0.2, -0.15) is 0 Å². The molecule has 17 heavy (non-hydrogen) atoms. The molecule has 0 amide bonds. The second-order valence-corrected chi connectivity index (χ2v) is 4.09. The first-order valence-corrected chi connectivity index (χ1v) is 5.35. The number of aromatic nitrogens is 2. The van der Waals surface area contributed by atoms with Crippen molar-refractivity contribution >= 4 is 12.2 Å². The van der Waals surface area contributed by atoms with E-state index in [2.05, 4.69) is 4.98 Å². The summed E-state index contributed by atoms with van der Waals surface area (Å²) in [5.41, 5.74) is -0.404. The molecule has 1 aromatic heterocycles. The van der Waals surface area contributed by atoms with Crippen molar-refractivity contribution in [1.29, 1.82) is 0 Å². The van der Waals surface area contributed by atoms with Gasteiger partial charge in [-0.25, -0.2) is 4.39 Å². The Morgan fingerprint density at radius 3 is 2.88 bits per heavy atom. The monoisotopic (exact) mass is 262 g/mol. The summed E-state index contributed by atoms with van der Waals surface area (Å²) in [6.45, 7) is -0.491. The zero-order chi connectivity index (χ0) is 12.6. The summed E-state index contributed by atoms with van der Waals surface area (Å²) >= 11 is 4.86. The highest BCUT2D eigenvalue weighted by Gasteiger charge is 2.44. The molecule has 1 aliphatic heterocycles. The van der Waals surface area contributed by atoms with Gasteiger partial charge in [0, 0.05) is 12.3 Å². The maximum atomic E-state index is 13.7. The molecule has 2 heterocycles. The molecule has 3 N–H and O–H groups in total. The molecule has 0 radical (unpaired) electrons. The van der Waals surface area contributed by atoms with Crippen LogP contribution in [0.4, 0.5) is 4.39 Å². The lowest BCUT2D eigenvalue weighted by Gasteiger charge is -2.16. The van der Waals surface area contributed by atoms with Gasteiger partial charge in [-0.05, 0) is 12.2 Å². The Bertz CT molecular complexity index is 516. The van der Waals surface area contributed by atoms with Crippen molar-refractivity contribution in [3.05, 3.63) is 27.4 Å². The molecule has 6 nitrogen and oxygen atoms in total. The number of alkyl halides is 1. The molecule has 0 aliphatic carbocycles. The molecule has 0 aromatic carbocycles. The normalized spacial score (nSPS) is 32.9. The zero-order valence-corrected chi connectivity index (χ0v) is 9.43. The van der Waals surface area contributed by atoms with Gasteiger partial charge in [0.2, 0.25) is 0 Å². The van der Waals surface area contributed by atoms with Crippen LogP contribution in [-0.4, -0.2) is 44.8 Å². The number of aromatic amines is 1. The Balaban J connectivity index is 2.35. The largest absolute Gasteiger partial charge is 0.394 e. The fraction of sp³-hybridized carbons (Fsp3) is 0.556. The van der Waals surface area contributed by atoms with Crippen LogP contribution in [0.1, 0.15) is 6.23 Å². The predicted octanol–water partition coefficient (Wildman–Crippen LogP) is -0.505. The summed E-state index contributed by atoms with van der Waals surface area (Å²) in [4.78, 5) is 13.3. The molecule has 0 saturated carbocycles.